The van der Waals surface area contributed by atoms with Crippen molar-refractivity contribution in [1.82, 2.24) is 24.4 Å². The van der Waals surface area contributed by atoms with E-state index >= 15 is 8.78 Å². The summed E-state index contributed by atoms with van der Waals surface area (Å²) < 4.78 is 65.0. The second kappa shape index (κ2) is 13.3. The van der Waals surface area contributed by atoms with Gasteiger partial charge in [0.25, 0.3) is 0 Å². The van der Waals surface area contributed by atoms with Crippen LogP contribution in [0.1, 0.15) is 51.6 Å². The third-order valence-corrected chi connectivity index (χ3v) is 10.2. The number of halogens is 2. The maximum atomic E-state index is 16.4. The van der Waals surface area contributed by atoms with Crippen LogP contribution in [0, 0.1) is 17.6 Å². The Morgan fingerprint density at radius 3 is 2.46 bits per heavy atom. The quantitative estimate of drug-likeness (QED) is 0.145. The number of esters is 1. The van der Waals surface area contributed by atoms with Gasteiger partial charge in [0.15, 0.2) is 21.3 Å². The Morgan fingerprint density at radius 1 is 1.10 bits per heavy atom. The fraction of sp³-hybridized carbons (Fsp3) is 0.371. The zero-order valence-electron chi connectivity index (χ0n) is 28.0. The monoisotopic (exact) mass is 706 g/mol. The van der Waals surface area contributed by atoms with Gasteiger partial charge in [0.2, 0.25) is 5.91 Å². The van der Waals surface area contributed by atoms with Gasteiger partial charge in [-0.25, -0.2) is 31.5 Å². The average molecular weight is 707 g/mol. The number of rotatable bonds is 8. The first-order valence-electron chi connectivity index (χ1n) is 16.2. The molecule has 3 aromatic heterocycles. The van der Waals surface area contributed by atoms with Gasteiger partial charge in [-0.1, -0.05) is 32.9 Å². The molecule has 0 unspecified atom stereocenters. The molecule has 1 amide bonds. The van der Waals surface area contributed by atoms with E-state index in [0.717, 1.165) is 29.4 Å². The van der Waals surface area contributed by atoms with Crippen LogP contribution in [0.5, 0.6) is 5.75 Å². The van der Waals surface area contributed by atoms with Crippen molar-refractivity contribution in [1.29, 1.82) is 0 Å². The predicted octanol–water partition coefficient (Wildman–Crippen LogP) is 4.58. The van der Waals surface area contributed by atoms with Gasteiger partial charge < -0.3 is 14.5 Å². The summed E-state index contributed by atoms with van der Waals surface area (Å²) in [5.74, 6) is -3.92. The lowest BCUT2D eigenvalue weighted by molar-refractivity contribution is -0.137. The summed E-state index contributed by atoms with van der Waals surface area (Å²) in [6, 6.07) is 5.60. The highest BCUT2D eigenvalue weighted by atomic mass is 32.2. The molecule has 2 fully saturated rings. The largest absolute Gasteiger partial charge is 0.425 e. The second-order valence-corrected chi connectivity index (χ2v) is 14.9. The van der Waals surface area contributed by atoms with Gasteiger partial charge >= 0.3 is 11.7 Å². The zero-order valence-corrected chi connectivity index (χ0v) is 28.8. The maximum Gasteiger partial charge on any atom is 0.355 e. The highest BCUT2D eigenvalue weighted by Gasteiger charge is 2.34. The van der Waals surface area contributed by atoms with Crippen molar-refractivity contribution >= 4 is 38.6 Å². The highest BCUT2D eigenvalue weighted by Crippen LogP contribution is 2.41. The molecular formula is C35H36F2N6O6S. The van der Waals surface area contributed by atoms with Crippen LogP contribution in [-0.4, -0.2) is 76.6 Å². The van der Waals surface area contributed by atoms with Crippen molar-refractivity contribution in [2.24, 2.45) is 5.92 Å². The van der Waals surface area contributed by atoms with Crippen LogP contribution in [0.25, 0.3) is 28.0 Å². The molecule has 1 aliphatic heterocycles. The summed E-state index contributed by atoms with van der Waals surface area (Å²) in [5.41, 5.74) is -1.89. The molecule has 1 aromatic carbocycles. The topological polar surface area (TPSA) is 145 Å². The number of hydrogen-bond acceptors (Lipinski definition) is 10. The Bertz CT molecular complexity index is 2220. The molecule has 262 valence electrons. The Hall–Kier alpha value is -5.05. The lowest BCUT2D eigenvalue weighted by Crippen LogP contribution is -2.54. The van der Waals surface area contributed by atoms with E-state index in [-0.39, 0.29) is 64.6 Å². The average Bonchev–Trinajstić information content (AvgIpc) is 3.03. The summed E-state index contributed by atoms with van der Waals surface area (Å²) in [7, 11) is -3.97. The predicted molar refractivity (Wildman–Crippen MR) is 182 cm³/mol. The van der Waals surface area contributed by atoms with Crippen molar-refractivity contribution in [3.63, 3.8) is 0 Å². The number of hydrogen-bond donors (Lipinski definition) is 0. The van der Waals surface area contributed by atoms with Gasteiger partial charge in [0.1, 0.15) is 23.1 Å². The number of benzene rings is 1. The van der Waals surface area contributed by atoms with Gasteiger partial charge in [0, 0.05) is 44.0 Å². The highest BCUT2D eigenvalue weighted by molar-refractivity contribution is 7.90. The van der Waals surface area contributed by atoms with Gasteiger partial charge in [-0.2, -0.15) is 4.98 Å². The van der Waals surface area contributed by atoms with Crippen molar-refractivity contribution < 1.29 is 31.5 Å². The van der Waals surface area contributed by atoms with E-state index in [1.807, 2.05) is 6.92 Å². The molecule has 4 heterocycles. The van der Waals surface area contributed by atoms with E-state index in [9.17, 15) is 22.8 Å². The van der Waals surface area contributed by atoms with Crippen LogP contribution in [0.4, 0.5) is 14.6 Å². The Balaban J connectivity index is 1.68. The lowest BCUT2D eigenvalue weighted by Gasteiger charge is -2.40. The minimum absolute atomic E-state index is 0.0288. The number of anilines is 1. The number of aromatic nitrogens is 4. The molecule has 12 nitrogen and oxygen atoms in total. The molecule has 1 saturated carbocycles. The number of nitrogens with zero attached hydrogens (tertiary/aromatic N) is 6. The smallest absolute Gasteiger partial charge is 0.355 e. The standard InChI is InChI=1S/C35H36F2N6O6S/c1-6-27(44)41-15-16-42(20(4)18-41)32-22-17-24(37)30(28-23(36)11-8-12-25(28)49-34(45)19(2)3)39-33(22)43(35(46)40-32)31-26(50(5,47)48)13-14-38-29(31)21-9-7-10-21/h6,8,11-14,17,19-21H,1,7,9-10,15-16,18H2,2-5H3/t20-/m0/s1. The maximum absolute atomic E-state index is 16.4. The Labute approximate surface area is 287 Å². The summed E-state index contributed by atoms with van der Waals surface area (Å²) >= 11 is 0. The number of pyridine rings is 2. The number of amides is 1. The molecule has 50 heavy (non-hydrogen) atoms. The zero-order chi connectivity index (χ0) is 36.1. The van der Waals surface area contributed by atoms with E-state index in [2.05, 4.69) is 21.5 Å². The third-order valence-electron chi connectivity index (χ3n) is 9.11. The van der Waals surface area contributed by atoms with Crippen LogP contribution >= 0.6 is 0 Å². The molecule has 0 N–H and O–H groups in total. The number of carbonyl (C=O) groups is 2. The van der Waals surface area contributed by atoms with Gasteiger partial charge in [-0.05, 0) is 50.1 Å². The summed E-state index contributed by atoms with van der Waals surface area (Å²) in [6.45, 7) is 9.25. The van der Waals surface area contributed by atoms with Crippen LogP contribution in [0.3, 0.4) is 0 Å². The normalized spacial score (nSPS) is 16.8. The molecule has 0 bridgehead atoms. The van der Waals surface area contributed by atoms with Gasteiger partial charge in [-0.3, -0.25) is 14.6 Å². The van der Waals surface area contributed by atoms with Crippen LogP contribution < -0.4 is 15.3 Å². The number of fused-ring (bicyclic) bond motifs is 1. The minimum Gasteiger partial charge on any atom is -0.425 e. The Morgan fingerprint density at radius 2 is 1.84 bits per heavy atom. The van der Waals surface area contributed by atoms with Gasteiger partial charge in [-0.15, -0.1) is 0 Å². The molecule has 1 saturated heterocycles. The van der Waals surface area contributed by atoms with Crippen LogP contribution in [0.2, 0.25) is 0 Å². The lowest BCUT2D eigenvalue weighted by atomic mass is 9.82. The molecule has 0 radical (unpaired) electrons. The fourth-order valence-corrected chi connectivity index (χ4v) is 7.16. The van der Waals surface area contributed by atoms with Gasteiger partial charge in [0.05, 0.1) is 33.1 Å². The number of sulfone groups is 1. The first-order valence-corrected chi connectivity index (χ1v) is 18.1. The van der Waals surface area contributed by atoms with Crippen molar-refractivity contribution in [2.45, 2.75) is 56.9 Å². The molecule has 1 atom stereocenters. The molecule has 6 rings (SSSR count). The first kappa shape index (κ1) is 34.8. The first-order chi connectivity index (χ1) is 23.7. The third kappa shape index (κ3) is 6.25. The van der Waals surface area contributed by atoms with Crippen molar-refractivity contribution in [3.8, 4) is 22.7 Å². The molecule has 2 aliphatic rings. The van der Waals surface area contributed by atoms with Crippen molar-refractivity contribution in [2.75, 3.05) is 30.8 Å². The van der Waals surface area contributed by atoms with E-state index in [0.29, 0.717) is 18.5 Å². The molecular weight excluding hydrogens is 670 g/mol. The summed E-state index contributed by atoms with van der Waals surface area (Å²) in [5, 5.41) is 0.0288. The second-order valence-electron chi connectivity index (χ2n) is 12.9. The number of carbonyl (C=O) groups excluding carboxylic acids is 2. The van der Waals surface area contributed by atoms with E-state index < -0.39 is 56.3 Å². The molecule has 1 aliphatic carbocycles. The van der Waals surface area contributed by atoms with Crippen LogP contribution in [-0.2, 0) is 19.4 Å². The van der Waals surface area contributed by atoms with E-state index in [1.165, 1.54) is 30.5 Å². The molecule has 0 spiro atoms. The van der Waals surface area contributed by atoms with Crippen molar-refractivity contribution in [3.05, 3.63) is 77.0 Å². The van der Waals surface area contributed by atoms with Crippen LogP contribution in [0.15, 0.2) is 58.9 Å². The van der Waals surface area contributed by atoms with E-state index in [1.54, 1.807) is 23.6 Å². The fourth-order valence-electron chi connectivity index (χ4n) is 6.30. The summed E-state index contributed by atoms with van der Waals surface area (Å²) in [6.07, 6.45) is 5.85. The number of ether oxygens (including phenoxy) is 1. The molecule has 4 aromatic rings. The Kier molecular flexibility index (Phi) is 9.29. The van der Waals surface area contributed by atoms with E-state index in [4.69, 9.17) is 4.74 Å². The minimum atomic E-state index is -3.97. The SMILES string of the molecule is C=CC(=O)N1CCN(c2nc(=O)n(-c3c(S(C)(=O)=O)ccnc3C3CCC3)c3nc(-c4c(F)cccc4OC(=O)C(C)C)c(F)cc23)[C@@H](C)C1. The number of piperazine rings is 1. The molecule has 15 heteroatoms. The summed E-state index contributed by atoms with van der Waals surface area (Å²) in [4.78, 5) is 55.8.